The molecule has 1 rings (SSSR count). The Hall–Kier alpha value is -1.35. The standard InChI is InChI=1S/C17H28N2O/c1-12(2)11-15(18)16(20)19-13(3)17(4,5)14-9-7-6-8-10-14/h6-10,12-13,15H,11,18H2,1-5H3,(H,19,20)/t13?,15-/m0/s1. The van der Waals surface area contributed by atoms with Crippen molar-refractivity contribution >= 4 is 5.91 Å². The van der Waals surface area contributed by atoms with Gasteiger partial charge in [0.25, 0.3) is 0 Å². The van der Waals surface area contributed by atoms with Crippen molar-refractivity contribution in [3.8, 4) is 0 Å². The predicted molar refractivity (Wildman–Crippen MR) is 84.5 cm³/mol. The van der Waals surface area contributed by atoms with Crippen LogP contribution in [0.15, 0.2) is 30.3 Å². The molecule has 0 bridgehead atoms. The highest BCUT2D eigenvalue weighted by Crippen LogP contribution is 2.26. The van der Waals surface area contributed by atoms with E-state index in [1.807, 2.05) is 25.1 Å². The van der Waals surface area contributed by atoms with Crippen molar-refractivity contribution in [3.63, 3.8) is 0 Å². The third kappa shape index (κ3) is 4.34. The number of rotatable bonds is 6. The van der Waals surface area contributed by atoms with Gasteiger partial charge in [-0.1, -0.05) is 58.0 Å². The average molecular weight is 276 g/mol. The first-order valence-electron chi connectivity index (χ1n) is 7.36. The van der Waals surface area contributed by atoms with Gasteiger partial charge in [0.2, 0.25) is 5.91 Å². The zero-order valence-electron chi connectivity index (χ0n) is 13.3. The third-order valence-corrected chi connectivity index (χ3v) is 4.02. The second-order valence-electron chi connectivity index (χ2n) is 6.55. The summed E-state index contributed by atoms with van der Waals surface area (Å²) in [5.74, 6) is 0.364. The molecule has 0 radical (unpaired) electrons. The molecule has 0 aromatic heterocycles. The van der Waals surface area contributed by atoms with Crippen molar-refractivity contribution in [2.24, 2.45) is 11.7 Å². The van der Waals surface area contributed by atoms with E-state index in [2.05, 4.69) is 45.1 Å². The molecule has 2 atom stereocenters. The smallest absolute Gasteiger partial charge is 0.237 e. The fourth-order valence-electron chi connectivity index (χ4n) is 2.23. The number of carbonyl (C=O) groups is 1. The fourth-order valence-corrected chi connectivity index (χ4v) is 2.23. The fraction of sp³-hybridized carbons (Fsp3) is 0.588. The molecule has 0 saturated heterocycles. The largest absolute Gasteiger partial charge is 0.351 e. The Kier molecular flexibility index (Phi) is 5.75. The van der Waals surface area contributed by atoms with E-state index >= 15 is 0 Å². The van der Waals surface area contributed by atoms with E-state index in [1.54, 1.807) is 0 Å². The molecule has 3 nitrogen and oxygen atoms in total. The van der Waals surface area contributed by atoms with Crippen LogP contribution in [0, 0.1) is 5.92 Å². The highest BCUT2D eigenvalue weighted by molar-refractivity contribution is 5.81. The summed E-state index contributed by atoms with van der Waals surface area (Å²) in [6, 6.07) is 9.83. The van der Waals surface area contributed by atoms with E-state index in [0.29, 0.717) is 12.3 Å². The van der Waals surface area contributed by atoms with Crippen molar-refractivity contribution in [2.45, 2.75) is 58.5 Å². The van der Waals surface area contributed by atoms with Crippen LogP contribution < -0.4 is 11.1 Å². The monoisotopic (exact) mass is 276 g/mol. The number of nitrogens with two attached hydrogens (primary N) is 1. The number of nitrogens with one attached hydrogen (secondary N) is 1. The SMILES string of the molecule is CC(C)C[C@H](N)C(=O)NC(C)C(C)(C)c1ccccc1. The number of carbonyl (C=O) groups excluding carboxylic acids is 1. The van der Waals surface area contributed by atoms with Gasteiger partial charge < -0.3 is 11.1 Å². The molecule has 0 aliphatic carbocycles. The molecule has 0 saturated carbocycles. The zero-order valence-corrected chi connectivity index (χ0v) is 13.3. The van der Waals surface area contributed by atoms with Crippen molar-refractivity contribution in [2.75, 3.05) is 0 Å². The van der Waals surface area contributed by atoms with Crippen molar-refractivity contribution in [1.82, 2.24) is 5.32 Å². The summed E-state index contributed by atoms with van der Waals surface area (Å²) in [6.07, 6.45) is 0.713. The second kappa shape index (κ2) is 6.89. The molecule has 0 spiro atoms. The van der Waals surface area contributed by atoms with Crippen LogP contribution in [-0.4, -0.2) is 18.0 Å². The molecule has 112 valence electrons. The van der Waals surface area contributed by atoms with Crippen LogP contribution in [-0.2, 0) is 10.2 Å². The number of hydrogen-bond donors (Lipinski definition) is 2. The van der Waals surface area contributed by atoms with Gasteiger partial charge in [0.1, 0.15) is 0 Å². The van der Waals surface area contributed by atoms with Gasteiger partial charge in [-0.3, -0.25) is 4.79 Å². The summed E-state index contributed by atoms with van der Waals surface area (Å²) < 4.78 is 0. The maximum absolute atomic E-state index is 12.1. The molecule has 0 aliphatic heterocycles. The third-order valence-electron chi connectivity index (χ3n) is 4.02. The first kappa shape index (κ1) is 16.7. The van der Waals surface area contributed by atoms with E-state index in [1.165, 1.54) is 5.56 Å². The molecule has 1 amide bonds. The van der Waals surface area contributed by atoms with E-state index in [0.717, 1.165) is 0 Å². The van der Waals surface area contributed by atoms with Crippen LogP contribution in [0.4, 0.5) is 0 Å². The van der Waals surface area contributed by atoms with Crippen molar-refractivity contribution < 1.29 is 4.79 Å². The van der Waals surface area contributed by atoms with Gasteiger partial charge in [0, 0.05) is 11.5 Å². The molecular weight excluding hydrogens is 248 g/mol. The molecule has 0 fully saturated rings. The van der Waals surface area contributed by atoms with Crippen LogP contribution >= 0.6 is 0 Å². The van der Waals surface area contributed by atoms with Gasteiger partial charge in [-0.15, -0.1) is 0 Å². The first-order chi connectivity index (χ1) is 9.25. The summed E-state index contributed by atoms with van der Waals surface area (Å²) in [5, 5.41) is 3.06. The Morgan fingerprint density at radius 2 is 1.75 bits per heavy atom. The van der Waals surface area contributed by atoms with Gasteiger partial charge >= 0.3 is 0 Å². The molecule has 0 aliphatic rings. The summed E-state index contributed by atoms with van der Waals surface area (Å²) in [7, 11) is 0. The topological polar surface area (TPSA) is 55.1 Å². The minimum atomic E-state index is -0.427. The molecule has 1 aromatic rings. The lowest BCUT2D eigenvalue weighted by Gasteiger charge is -2.33. The summed E-state index contributed by atoms with van der Waals surface area (Å²) in [6.45, 7) is 10.5. The maximum atomic E-state index is 12.1. The molecule has 3 N–H and O–H groups in total. The van der Waals surface area contributed by atoms with Crippen LogP contribution in [0.2, 0.25) is 0 Å². The Bertz CT molecular complexity index is 426. The summed E-state index contributed by atoms with van der Waals surface area (Å²) >= 11 is 0. The highest BCUT2D eigenvalue weighted by Gasteiger charge is 2.30. The van der Waals surface area contributed by atoms with Crippen LogP contribution in [0.5, 0.6) is 0 Å². The lowest BCUT2D eigenvalue weighted by molar-refractivity contribution is -0.123. The minimum Gasteiger partial charge on any atom is -0.351 e. The van der Waals surface area contributed by atoms with Gasteiger partial charge in [-0.05, 0) is 24.8 Å². The minimum absolute atomic E-state index is 0.0237. The first-order valence-corrected chi connectivity index (χ1v) is 7.36. The van der Waals surface area contributed by atoms with Gasteiger partial charge in [0.05, 0.1) is 6.04 Å². The van der Waals surface area contributed by atoms with Crippen LogP contribution in [0.25, 0.3) is 0 Å². The number of benzene rings is 1. The average Bonchev–Trinajstić information content (AvgIpc) is 2.38. The van der Waals surface area contributed by atoms with E-state index in [4.69, 9.17) is 5.73 Å². The number of amides is 1. The van der Waals surface area contributed by atoms with E-state index in [-0.39, 0.29) is 17.4 Å². The lowest BCUT2D eigenvalue weighted by atomic mass is 9.78. The van der Waals surface area contributed by atoms with Crippen molar-refractivity contribution in [1.29, 1.82) is 0 Å². The summed E-state index contributed by atoms with van der Waals surface area (Å²) in [4.78, 5) is 12.1. The Morgan fingerprint density at radius 3 is 2.25 bits per heavy atom. The van der Waals surface area contributed by atoms with Crippen LogP contribution in [0.3, 0.4) is 0 Å². The second-order valence-corrected chi connectivity index (χ2v) is 6.55. The van der Waals surface area contributed by atoms with Crippen molar-refractivity contribution in [3.05, 3.63) is 35.9 Å². The molecule has 3 heteroatoms. The normalized spacial score (nSPS) is 14.9. The summed E-state index contributed by atoms with van der Waals surface area (Å²) in [5.41, 5.74) is 7.02. The Balaban J connectivity index is 2.70. The molecule has 1 aromatic carbocycles. The Labute approximate surface area is 122 Å². The number of hydrogen-bond acceptors (Lipinski definition) is 2. The predicted octanol–water partition coefficient (Wildman–Crippen LogP) is 2.84. The molecular formula is C17H28N2O. The van der Waals surface area contributed by atoms with Gasteiger partial charge in [-0.25, -0.2) is 0 Å². The van der Waals surface area contributed by atoms with Gasteiger partial charge in [-0.2, -0.15) is 0 Å². The quantitative estimate of drug-likeness (QED) is 0.839. The zero-order chi connectivity index (χ0) is 15.3. The molecule has 20 heavy (non-hydrogen) atoms. The van der Waals surface area contributed by atoms with E-state index in [9.17, 15) is 4.79 Å². The molecule has 1 unspecified atom stereocenters. The van der Waals surface area contributed by atoms with Crippen LogP contribution in [0.1, 0.15) is 46.6 Å². The van der Waals surface area contributed by atoms with E-state index < -0.39 is 6.04 Å². The Morgan fingerprint density at radius 1 is 1.20 bits per heavy atom. The van der Waals surface area contributed by atoms with Gasteiger partial charge in [0.15, 0.2) is 0 Å². The highest BCUT2D eigenvalue weighted by atomic mass is 16.2. The lowest BCUT2D eigenvalue weighted by Crippen LogP contribution is -2.51. The molecule has 0 heterocycles. The maximum Gasteiger partial charge on any atom is 0.237 e.